The number of nitrogens with zero attached hydrogens (tertiary/aromatic N) is 2. The molecule has 2 heterocycles. The molecular weight excluding hydrogens is 220 g/mol. The molecule has 0 radical (unpaired) electrons. The molecule has 1 aliphatic rings. The van der Waals surface area contributed by atoms with Gasteiger partial charge in [0, 0.05) is 12.6 Å². The van der Waals surface area contributed by atoms with Gasteiger partial charge in [-0.05, 0) is 26.7 Å². The third-order valence-electron chi connectivity index (χ3n) is 3.04. The van der Waals surface area contributed by atoms with Crippen LogP contribution in [0.3, 0.4) is 0 Å². The van der Waals surface area contributed by atoms with Crippen LogP contribution in [0, 0.1) is 6.92 Å². The Morgan fingerprint density at radius 1 is 1.59 bits per heavy atom. The molecule has 1 saturated heterocycles. The normalized spacial score (nSPS) is 19.6. The van der Waals surface area contributed by atoms with Crippen molar-refractivity contribution in [2.75, 3.05) is 6.54 Å². The molecule has 5 heteroatoms. The summed E-state index contributed by atoms with van der Waals surface area (Å²) in [6.07, 6.45) is 1.85. The van der Waals surface area contributed by atoms with Gasteiger partial charge in [-0.3, -0.25) is 9.59 Å². The van der Waals surface area contributed by atoms with Gasteiger partial charge >= 0.3 is 0 Å². The number of carbonyl (C=O) groups is 2. The second kappa shape index (κ2) is 4.69. The molecule has 0 saturated carbocycles. The van der Waals surface area contributed by atoms with Crippen LogP contribution in [-0.2, 0) is 16.0 Å². The number of rotatable bonds is 3. The lowest BCUT2D eigenvalue weighted by Gasteiger charge is -2.21. The summed E-state index contributed by atoms with van der Waals surface area (Å²) in [6.45, 7) is 4.01. The smallest absolute Gasteiger partial charge is 0.230 e. The Kier molecular flexibility index (Phi) is 3.26. The van der Waals surface area contributed by atoms with E-state index in [4.69, 9.17) is 4.52 Å². The quantitative estimate of drug-likeness (QED) is 0.788. The molecule has 2 rings (SSSR count). The van der Waals surface area contributed by atoms with E-state index in [9.17, 15) is 9.59 Å². The van der Waals surface area contributed by atoms with Gasteiger partial charge in [0.1, 0.15) is 5.76 Å². The summed E-state index contributed by atoms with van der Waals surface area (Å²) >= 11 is 0. The van der Waals surface area contributed by atoms with Crippen molar-refractivity contribution in [2.45, 2.75) is 39.2 Å². The van der Waals surface area contributed by atoms with E-state index in [1.54, 1.807) is 11.0 Å². The van der Waals surface area contributed by atoms with E-state index in [-0.39, 0.29) is 24.2 Å². The Labute approximate surface area is 99.8 Å². The lowest BCUT2D eigenvalue weighted by molar-refractivity contribution is -0.136. The summed E-state index contributed by atoms with van der Waals surface area (Å²) in [7, 11) is 0. The lowest BCUT2D eigenvalue weighted by atomic mass is 10.1. The van der Waals surface area contributed by atoms with Crippen LogP contribution in [0.2, 0.25) is 0 Å². The summed E-state index contributed by atoms with van der Waals surface area (Å²) in [5.41, 5.74) is 0.761. The number of aromatic nitrogens is 1. The minimum atomic E-state index is -0.244. The van der Waals surface area contributed by atoms with Gasteiger partial charge in [0.15, 0.2) is 5.78 Å². The SMILES string of the molecule is CC(=O)[C@@H]1CCCN1C(=O)Cc1cc(C)no1. The third-order valence-corrected chi connectivity index (χ3v) is 3.04. The second-order valence-corrected chi connectivity index (χ2v) is 4.47. The maximum atomic E-state index is 12.0. The van der Waals surface area contributed by atoms with E-state index < -0.39 is 0 Å². The van der Waals surface area contributed by atoms with E-state index >= 15 is 0 Å². The van der Waals surface area contributed by atoms with Crippen molar-refractivity contribution in [1.29, 1.82) is 0 Å². The molecule has 0 N–H and O–H groups in total. The summed E-state index contributed by atoms with van der Waals surface area (Å²) in [6, 6.07) is 1.50. The Morgan fingerprint density at radius 3 is 2.94 bits per heavy atom. The van der Waals surface area contributed by atoms with Crippen LogP contribution in [0.25, 0.3) is 0 Å². The largest absolute Gasteiger partial charge is 0.361 e. The summed E-state index contributed by atoms with van der Waals surface area (Å²) < 4.78 is 5.01. The number of hydrogen-bond acceptors (Lipinski definition) is 4. The van der Waals surface area contributed by atoms with Crippen molar-refractivity contribution in [3.8, 4) is 0 Å². The van der Waals surface area contributed by atoms with Crippen molar-refractivity contribution in [2.24, 2.45) is 0 Å². The highest BCUT2D eigenvalue weighted by Crippen LogP contribution is 2.19. The van der Waals surface area contributed by atoms with Crippen LogP contribution in [0.5, 0.6) is 0 Å². The first kappa shape index (κ1) is 11.8. The maximum absolute atomic E-state index is 12.0. The molecule has 0 spiro atoms. The van der Waals surface area contributed by atoms with E-state index in [1.165, 1.54) is 6.92 Å². The van der Waals surface area contributed by atoms with Crippen molar-refractivity contribution >= 4 is 11.7 Å². The Balaban J connectivity index is 2.02. The molecule has 17 heavy (non-hydrogen) atoms. The fourth-order valence-electron chi connectivity index (χ4n) is 2.24. The van der Waals surface area contributed by atoms with Gasteiger partial charge in [0.05, 0.1) is 18.2 Å². The number of ketones is 1. The molecule has 1 atom stereocenters. The van der Waals surface area contributed by atoms with E-state index in [2.05, 4.69) is 5.16 Å². The number of Topliss-reactive ketones (excluding diaryl/α,β-unsaturated/α-hetero) is 1. The van der Waals surface area contributed by atoms with Crippen molar-refractivity contribution in [3.63, 3.8) is 0 Å². The predicted molar refractivity (Wildman–Crippen MR) is 60.4 cm³/mol. The molecule has 0 bridgehead atoms. The molecule has 0 aromatic carbocycles. The average Bonchev–Trinajstić information content (AvgIpc) is 2.86. The molecular formula is C12H16N2O3. The molecule has 1 aromatic heterocycles. The molecule has 1 aliphatic heterocycles. The Hall–Kier alpha value is -1.65. The fourth-order valence-corrected chi connectivity index (χ4v) is 2.24. The van der Waals surface area contributed by atoms with Crippen LogP contribution in [0.1, 0.15) is 31.2 Å². The van der Waals surface area contributed by atoms with Gasteiger partial charge in [-0.25, -0.2) is 0 Å². The van der Waals surface area contributed by atoms with Crippen molar-refractivity contribution < 1.29 is 14.1 Å². The number of aryl methyl sites for hydroxylation is 1. The first-order valence-corrected chi connectivity index (χ1v) is 5.80. The summed E-state index contributed by atoms with van der Waals surface area (Å²) in [4.78, 5) is 25.1. The van der Waals surface area contributed by atoms with Crippen LogP contribution in [0.4, 0.5) is 0 Å². The average molecular weight is 236 g/mol. The molecule has 1 fully saturated rings. The van der Waals surface area contributed by atoms with Crippen LogP contribution >= 0.6 is 0 Å². The van der Waals surface area contributed by atoms with Crippen molar-refractivity contribution in [1.82, 2.24) is 10.1 Å². The standard InChI is InChI=1S/C12H16N2O3/c1-8-6-10(17-13-8)7-12(16)14-5-3-4-11(14)9(2)15/h6,11H,3-5,7H2,1-2H3/t11-/m0/s1. The fraction of sp³-hybridized carbons (Fsp3) is 0.583. The van der Waals surface area contributed by atoms with Crippen LogP contribution in [-0.4, -0.2) is 34.3 Å². The van der Waals surface area contributed by atoms with E-state index in [1.807, 2.05) is 6.92 Å². The molecule has 0 unspecified atom stereocenters. The highest BCUT2D eigenvalue weighted by Gasteiger charge is 2.31. The van der Waals surface area contributed by atoms with E-state index in [0.29, 0.717) is 12.3 Å². The molecule has 1 amide bonds. The number of likely N-dealkylation sites (tertiary alicyclic amines) is 1. The molecule has 0 aliphatic carbocycles. The van der Waals surface area contributed by atoms with Crippen molar-refractivity contribution in [3.05, 3.63) is 17.5 Å². The maximum Gasteiger partial charge on any atom is 0.230 e. The predicted octanol–water partition coefficient (Wildman–Crippen LogP) is 1.11. The zero-order chi connectivity index (χ0) is 12.4. The zero-order valence-electron chi connectivity index (χ0n) is 10.1. The number of amides is 1. The van der Waals surface area contributed by atoms with Gasteiger partial charge in [-0.15, -0.1) is 0 Å². The second-order valence-electron chi connectivity index (χ2n) is 4.47. The molecule has 5 nitrogen and oxygen atoms in total. The van der Waals surface area contributed by atoms with Gasteiger partial charge < -0.3 is 9.42 Å². The molecule has 1 aromatic rings. The highest BCUT2D eigenvalue weighted by atomic mass is 16.5. The Morgan fingerprint density at radius 2 is 2.35 bits per heavy atom. The Bertz CT molecular complexity index is 439. The third kappa shape index (κ3) is 2.54. The zero-order valence-corrected chi connectivity index (χ0v) is 10.1. The first-order valence-electron chi connectivity index (χ1n) is 5.80. The molecule has 92 valence electrons. The van der Waals surface area contributed by atoms with Gasteiger partial charge in [0.25, 0.3) is 0 Å². The topological polar surface area (TPSA) is 63.4 Å². The lowest BCUT2D eigenvalue weighted by Crippen LogP contribution is -2.40. The first-order chi connectivity index (χ1) is 8.08. The van der Waals surface area contributed by atoms with Crippen LogP contribution < -0.4 is 0 Å². The van der Waals surface area contributed by atoms with Gasteiger partial charge in [-0.2, -0.15) is 0 Å². The van der Waals surface area contributed by atoms with E-state index in [0.717, 1.165) is 18.5 Å². The summed E-state index contributed by atoms with van der Waals surface area (Å²) in [5, 5.41) is 3.74. The highest BCUT2D eigenvalue weighted by molar-refractivity contribution is 5.88. The van der Waals surface area contributed by atoms with Gasteiger partial charge in [-0.1, -0.05) is 5.16 Å². The van der Waals surface area contributed by atoms with Crippen LogP contribution in [0.15, 0.2) is 10.6 Å². The minimum Gasteiger partial charge on any atom is -0.361 e. The number of carbonyl (C=O) groups excluding carboxylic acids is 2. The summed E-state index contributed by atoms with van der Waals surface area (Å²) in [5.74, 6) is 0.560. The number of hydrogen-bond donors (Lipinski definition) is 0. The minimum absolute atomic E-state index is 0.0566. The van der Waals surface area contributed by atoms with Gasteiger partial charge in [0.2, 0.25) is 5.91 Å². The monoisotopic (exact) mass is 236 g/mol.